The molecule has 1 aliphatic carbocycles. The molecule has 0 spiro atoms. The Bertz CT molecular complexity index is 428. The molecule has 0 heterocycles. The van der Waals surface area contributed by atoms with Crippen LogP contribution in [0.4, 0.5) is 10.5 Å². The average molecular weight is 245 g/mol. The normalized spacial score (nSPS) is 21.6. The van der Waals surface area contributed by atoms with Gasteiger partial charge in [0, 0.05) is 11.4 Å². The summed E-state index contributed by atoms with van der Waals surface area (Å²) in [5.74, 6) is 0.482. The summed E-state index contributed by atoms with van der Waals surface area (Å²) in [5.41, 5.74) is 4.44. The molecule has 0 bridgehead atoms. The first-order chi connectivity index (χ1) is 8.75. The molecule has 0 radical (unpaired) electrons. The van der Waals surface area contributed by atoms with E-state index in [1.807, 2.05) is 30.3 Å². The van der Waals surface area contributed by atoms with Crippen LogP contribution in [0.25, 0.3) is 0 Å². The van der Waals surface area contributed by atoms with Crippen molar-refractivity contribution in [1.29, 1.82) is 0 Å². The maximum atomic E-state index is 11.6. The van der Waals surface area contributed by atoms with Crippen LogP contribution < -0.4 is 10.7 Å². The van der Waals surface area contributed by atoms with Crippen LogP contribution in [0.15, 0.2) is 35.4 Å². The monoisotopic (exact) mass is 245 g/mol. The van der Waals surface area contributed by atoms with Gasteiger partial charge in [0.2, 0.25) is 0 Å². The number of nitrogens with one attached hydrogen (secondary N) is 2. The molecule has 96 valence electrons. The first-order valence-electron chi connectivity index (χ1n) is 6.44. The van der Waals surface area contributed by atoms with Crippen LogP contribution in [-0.2, 0) is 0 Å². The third-order valence-electron chi connectivity index (χ3n) is 3.22. The molecule has 4 heteroatoms. The van der Waals surface area contributed by atoms with Crippen LogP contribution in [0.3, 0.4) is 0 Å². The van der Waals surface area contributed by atoms with Crippen LogP contribution in [0.5, 0.6) is 0 Å². The summed E-state index contributed by atoms with van der Waals surface area (Å²) in [6.45, 7) is 2.16. The molecule has 0 aromatic heterocycles. The predicted molar refractivity (Wildman–Crippen MR) is 73.7 cm³/mol. The van der Waals surface area contributed by atoms with Gasteiger partial charge in [-0.1, -0.05) is 31.5 Å². The fraction of sp³-hybridized carbons (Fsp3) is 0.429. The standard InChI is InChI=1S/C14H19N3O/c1-11-7-5-6-10-13(11)16-17-14(18)15-12-8-3-2-4-9-12/h2-4,8-9,11H,5-7,10H2,1H3,(H2,15,17,18)/b16-13-/t11-/m0/s1. The van der Waals surface area contributed by atoms with E-state index in [1.54, 1.807) is 0 Å². The van der Waals surface area contributed by atoms with E-state index in [0.717, 1.165) is 17.8 Å². The highest BCUT2D eigenvalue weighted by molar-refractivity contribution is 5.92. The molecule has 4 nitrogen and oxygen atoms in total. The summed E-state index contributed by atoms with van der Waals surface area (Å²) >= 11 is 0. The number of nitrogens with zero attached hydrogens (tertiary/aromatic N) is 1. The maximum Gasteiger partial charge on any atom is 0.339 e. The lowest BCUT2D eigenvalue weighted by atomic mass is 9.89. The highest BCUT2D eigenvalue weighted by Gasteiger charge is 2.15. The van der Waals surface area contributed by atoms with Crippen LogP contribution in [0.2, 0.25) is 0 Å². The number of hydrogen-bond acceptors (Lipinski definition) is 2. The molecule has 0 unspecified atom stereocenters. The highest BCUT2D eigenvalue weighted by Crippen LogP contribution is 2.20. The lowest BCUT2D eigenvalue weighted by molar-refractivity contribution is 0.252. The van der Waals surface area contributed by atoms with Gasteiger partial charge in [-0.05, 0) is 37.3 Å². The molecule has 1 aromatic rings. The van der Waals surface area contributed by atoms with Crippen molar-refractivity contribution in [2.75, 3.05) is 5.32 Å². The summed E-state index contributed by atoms with van der Waals surface area (Å²) in [6, 6.07) is 9.07. The van der Waals surface area contributed by atoms with E-state index in [9.17, 15) is 4.79 Å². The van der Waals surface area contributed by atoms with Gasteiger partial charge in [0.05, 0.1) is 0 Å². The van der Waals surface area contributed by atoms with E-state index in [2.05, 4.69) is 22.8 Å². The average Bonchev–Trinajstić information content (AvgIpc) is 2.39. The number of para-hydroxylation sites is 1. The fourth-order valence-corrected chi connectivity index (χ4v) is 2.14. The molecule has 0 aliphatic heterocycles. The van der Waals surface area contributed by atoms with Crippen molar-refractivity contribution >= 4 is 17.4 Å². The van der Waals surface area contributed by atoms with Crippen molar-refractivity contribution in [1.82, 2.24) is 5.43 Å². The van der Waals surface area contributed by atoms with Gasteiger partial charge in [-0.2, -0.15) is 5.10 Å². The molecule has 2 rings (SSSR count). The number of hydrogen-bond donors (Lipinski definition) is 2. The molecular formula is C14H19N3O. The maximum absolute atomic E-state index is 11.6. The minimum Gasteiger partial charge on any atom is -0.307 e. The second kappa shape index (κ2) is 6.19. The third kappa shape index (κ3) is 3.58. The number of hydrazone groups is 1. The Morgan fingerprint density at radius 2 is 2.06 bits per heavy atom. The zero-order valence-corrected chi connectivity index (χ0v) is 10.6. The molecule has 1 fully saturated rings. The van der Waals surface area contributed by atoms with Crippen molar-refractivity contribution in [2.24, 2.45) is 11.0 Å². The van der Waals surface area contributed by atoms with Gasteiger partial charge >= 0.3 is 6.03 Å². The zero-order valence-electron chi connectivity index (χ0n) is 10.6. The Morgan fingerprint density at radius 1 is 1.28 bits per heavy atom. The van der Waals surface area contributed by atoms with E-state index in [4.69, 9.17) is 0 Å². The van der Waals surface area contributed by atoms with E-state index < -0.39 is 0 Å². The minimum absolute atomic E-state index is 0.286. The highest BCUT2D eigenvalue weighted by atomic mass is 16.2. The third-order valence-corrected chi connectivity index (χ3v) is 3.22. The number of urea groups is 1. The van der Waals surface area contributed by atoms with E-state index in [-0.39, 0.29) is 6.03 Å². The Kier molecular flexibility index (Phi) is 4.34. The van der Waals surface area contributed by atoms with Crippen LogP contribution in [0.1, 0.15) is 32.6 Å². The second-order valence-corrected chi connectivity index (χ2v) is 4.68. The summed E-state index contributed by atoms with van der Waals surface area (Å²) in [5, 5.41) is 6.95. The van der Waals surface area contributed by atoms with Gasteiger partial charge in [-0.25, -0.2) is 10.2 Å². The van der Waals surface area contributed by atoms with Gasteiger partial charge < -0.3 is 5.32 Å². The molecule has 1 saturated carbocycles. The molecular weight excluding hydrogens is 226 g/mol. The molecule has 2 N–H and O–H groups in total. The summed E-state index contributed by atoms with van der Waals surface area (Å²) in [7, 11) is 0. The summed E-state index contributed by atoms with van der Waals surface area (Å²) in [4.78, 5) is 11.6. The van der Waals surface area contributed by atoms with Gasteiger partial charge in [0.25, 0.3) is 0 Å². The predicted octanol–water partition coefficient (Wildman–Crippen LogP) is 3.37. The van der Waals surface area contributed by atoms with Crippen LogP contribution in [0, 0.1) is 5.92 Å². The summed E-state index contributed by atoms with van der Waals surface area (Å²) < 4.78 is 0. The lowest BCUT2D eigenvalue weighted by Crippen LogP contribution is -2.27. The van der Waals surface area contributed by atoms with Crippen LogP contribution >= 0.6 is 0 Å². The fourth-order valence-electron chi connectivity index (χ4n) is 2.14. The minimum atomic E-state index is -0.286. The Labute approximate surface area is 107 Å². The quantitative estimate of drug-likeness (QED) is 0.771. The van der Waals surface area contributed by atoms with E-state index in [0.29, 0.717) is 5.92 Å². The molecule has 1 aliphatic rings. The van der Waals surface area contributed by atoms with Crippen molar-refractivity contribution in [3.63, 3.8) is 0 Å². The number of benzene rings is 1. The lowest BCUT2D eigenvalue weighted by Gasteiger charge is -2.19. The Balaban J connectivity index is 1.86. The van der Waals surface area contributed by atoms with Gasteiger partial charge in [-0.3, -0.25) is 0 Å². The van der Waals surface area contributed by atoms with Crippen molar-refractivity contribution < 1.29 is 4.79 Å². The topological polar surface area (TPSA) is 53.5 Å². The number of carbonyl (C=O) groups excluding carboxylic acids is 1. The molecule has 2 amide bonds. The zero-order chi connectivity index (χ0) is 12.8. The first-order valence-corrected chi connectivity index (χ1v) is 6.44. The first kappa shape index (κ1) is 12.6. The summed E-state index contributed by atoms with van der Waals surface area (Å²) in [6.07, 6.45) is 4.59. The van der Waals surface area contributed by atoms with Crippen LogP contribution in [-0.4, -0.2) is 11.7 Å². The SMILES string of the molecule is C[C@H]1CCCC/C1=N/NC(=O)Nc1ccccc1. The van der Waals surface area contributed by atoms with Gasteiger partial charge in [0.15, 0.2) is 0 Å². The molecule has 1 aromatic carbocycles. The van der Waals surface area contributed by atoms with E-state index >= 15 is 0 Å². The number of rotatable bonds is 2. The molecule has 18 heavy (non-hydrogen) atoms. The van der Waals surface area contributed by atoms with Gasteiger partial charge in [0.1, 0.15) is 0 Å². The smallest absolute Gasteiger partial charge is 0.307 e. The number of anilines is 1. The largest absolute Gasteiger partial charge is 0.339 e. The molecule has 1 atom stereocenters. The van der Waals surface area contributed by atoms with Crippen molar-refractivity contribution in [3.05, 3.63) is 30.3 Å². The Hall–Kier alpha value is -1.84. The van der Waals surface area contributed by atoms with E-state index in [1.165, 1.54) is 19.3 Å². The van der Waals surface area contributed by atoms with Crippen molar-refractivity contribution in [3.8, 4) is 0 Å². The second-order valence-electron chi connectivity index (χ2n) is 4.68. The van der Waals surface area contributed by atoms with Crippen molar-refractivity contribution in [2.45, 2.75) is 32.6 Å². The number of amides is 2. The Morgan fingerprint density at radius 3 is 2.78 bits per heavy atom. The number of carbonyl (C=O) groups is 1. The van der Waals surface area contributed by atoms with Gasteiger partial charge in [-0.15, -0.1) is 0 Å². The molecule has 0 saturated heterocycles.